The van der Waals surface area contributed by atoms with Gasteiger partial charge in [-0.2, -0.15) is 0 Å². The third kappa shape index (κ3) is 5.29. The maximum absolute atomic E-state index is 12.6. The summed E-state index contributed by atoms with van der Waals surface area (Å²) >= 11 is 0. The summed E-state index contributed by atoms with van der Waals surface area (Å²) in [6, 6.07) is 6.06. The topological polar surface area (TPSA) is 87.0 Å². The Balaban J connectivity index is 1.84. The van der Waals surface area contributed by atoms with E-state index in [2.05, 4.69) is 32.9 Å². The van der Waals surface area contributed by atoms with E-state index in [1.54, 1.807) is 6.07 Å². The second kappa shape index (κ2) is 9.29. The zero-order valence-corrected chi connectivity index (χ0v) is 18.5. The molecule has 5 heteroatoms. The Labute approximate surface area is 183 Å². The van der Waals surface area contributed by atoms with Gasteiger partial charge in [-0.05, 0) is 75.8 Å². The number of ether oxygens (including phenoxy) is 1. The summed E-state index contributed by atoms with van der Waals surface area (Å²) < 4.78 is 5.98. The molecule has 0 aliphatic carbocycles. The minimum atomic E-state index is -0.553. The first kappa shape index (κ1) is 22.5. The Kier molecular flexibility index (Phi) is 6.74. The normalized spacial score (nSPS) is 15.9. The minimum Gasteiger partial charge on any atom is -0.508 e. The summed E-state index contributed by atoms with van der Waals surface area (Å²) in [6.45, 7) is 8.13. The summed E-state index contributed by atoms with van der Waals surface area (Å²) in [5.41, 5.74) is 5.05. The van der Waals surface area contributed by atoms with Crippen LogP contribution in [0.2, 0.25) is 0 Å². The van der Waals surface area contributed by atoms with Gasteiger partial charge in [0.1, 0.15) is 34.7 Å². The van der Waals surface area contributed by atoms with Crippen LogP contribution in [-0.4, -0.2) is 21.1 Å². The van der Waals surface area contributed by atoms with Crippen molar-refractivity contribution in [3.63, 3.8) is 0 Å². The molecule has 1 heterocycles. The molecule has 1 atom stereocenters. The van der Waals surface area contributed by atoms with E-state index in [9.17, 15) is 20.1 Å². The van der Waals surface area contributed by atoms with Crippen LogP contribution in [0.5, 0.6) is 23.0 Å². The van der Waals surface area contributed by atoms with Crippen LogP contribution in [0.15, 0.2) is 47.6 Å². The van der Waals surface area contributed by atoms with Crippen molar-refractivity contribution < 1.29 is 24.9 Å². The van der Waals surface area contributed by atoms with Gasteiger partial charge in [0.15, 0.2) is 5.78 Å². The van der Waals surface area contributed by atoms with Crippen molar-refractivity contribution in [2.45, 2.75) is 59.5 Å². The van der Waals surface area contributed by atoms with E-state index in [1.807, 2.05) is 13.0 Å². The van der Waals surface area contributed by atoms with E-state index in [0.717, 1.165) is 35.6 Å². The number of Topliss-reactive ketones (excluding diaryl/α,β-unsaturated/α-hetero) is 1. The predicted octanol–water partition coefficient (Wildman–Crippen LogP) is 6.05. The number of aryl methyl sites for hydroxylation is 1. The molecule has 1 aliphatic heterocycles. The van der Waals surface area contributed by atoms with Gasteiger partial charge in [0.2, 0.25) is 0 Å². The zero-order chi connectivity index (χ0) is 22.7. The van der Waals surface area contributed by atoms with Gasteiger partial charge in [-0.15, -0.1) is 0 Å². The molecule has 0 spiro atoms. The number of aromatic hydroxyl groups is 3. The van der Waals surface area contributed by atoms with E-state index in [-0.39, 0.29) is 40.8 Å². The van der Waals surface area contributed by atoms with Crippen molar-refractivity contribution in [3.05, 3.63) is 69.8 Å². The lowest BCUT2D eigenvalue weighted by atomic mass is 9.91. The molecule has 0 aromatic heterocycles. The second-order valence-electron chi connectivity index (χ2n) is 8.48. The third-order valence-corrected chi connectivity index (χ3v) is 5.56. The maximum Gasteiger partial charge on any atom is 0.174 e. The highest BCUT2D eigenvalue weighted by Crippen LogP contribution is 2.42. The van der Waals surface area contributed by atoms with Crippen molar-refractivity contribution in [2.24, 2.45) is 0 Å². The van der Waals surface area contributed by atoms with E-state index >= 15 is 0 Å². The molecular formula is C26H30O5. The van der Waals surface area contributed by atoms with Crippen LogP contribution in [-0.2, 0) is 6.42 Å². The average molecular weight is 423 g/mol. The SMILES string of the molecule is CC(C)=CCCC(C)=CCc1cc(C2CC(=O)c3c(O)cc(O)cc3O2)c(C)cc1O. The van der Waals surface area contributed by atoms with Gasteiger partial charge >= 0.3 is 0 Å². The fourth-order valence-electron chi connectivity index (χ4n) is 3.84. The number of ketones is 1. The summed E-state index contributed by atoms with van der Waals surface area (Å²) in [6.07, 6.45) is 6.39. The second-order valence-corrected chi connectivity index (χ2v) is 8.48. The molecule has 164 valence electrons. The van der Waals surface area contributed by atoms with Crippen LogP contribution in [0.3, 0.4) is 0 Å². The maximum atomic E-state index is 12.6. The highest BCUT2D eigenvalue weighted by Gasteiger charge is 2.31. The molecule has 3 N–H and O–H groups in total. The van der Waals surface area contributed by atoms with Gasteiger partial charge < -0.3 is 20.1 Å². The number of carbonyl (C=O) groups is 1. The molecule has 0 saturated carbocycles. The van der Waals surface area contributed by atoms with Crippen LogP contribution >= 0.6 is 0 Å². The van der Waals surface area contributed by atoms with Gasteiger partial charge in [0.05, 0.1) is 6.42 Å². The molecule has 0 fully saturated rings. The van der Waals surface area contributed by atoms with Crippen LogP contribution < -0.4 is 4.74 Å². The van der Waals surface area contributed by atoms with Crippen LogP contribution in [0.25, 0.3) is 0 Å². The minimum absolute atomic E-state index is 0.0773. The quantitative estimate of drug-likeness (QED) is 0.493. The van der Waals surface area contributed by atoms with Crippen molar-refractivity contribution in [1.29, 1.82) is 0 Å². The van der Waals surface area contributed by atoms with Crippen LogP contribution in [0, 0.1) is 6.92 Å². The van der Waals surface area contributed by atoms with Gasteiger partial charge in [-0.1, -0.05) is 23.3 Å². The third-order valence-electron chi connectivity index (χ3n) is 5.56. The number of fused-ring (bicyclic) bond motifs is 1. The summed E-state index contributed by atoms with van der Waals surface area (Å²) in [7, 11) is 0. The molecule has 0 bridgehead atoms. The molecule has 0 saturated heterocycles. The van der Waals surface area contributed by atoms with Crippen LogP contribution in [0.1, 0.15) is 73.2 Å². The molecule has 5 nitrogen and oxygen atoms in total. The predicted molar refractivity (Wildman–Crippen MR) is 121 cm³/mol. The first-order valence-electron chi connectivity index (χ1n) is 10.5. The molecule has 1 unspecified atom stereocenters. The van der Waals surface area contributed by atoms with Crippen molar-refractivity contribution >= 4 is 5.78 Å². The number of rotatable bonds is 6. The molecule has 3 rings (SSSR count). The van der Waals surface area contributed by atoms with Crippen LogP contribution in [0.4, 0.5) is 0 Å². The molecule has 1 aliphatic rings. The number of hydrogen-bond acceptors (Lipinski definition) is 5. The number of allylic oxidation sites excluding steroid dienone is 4. The Morgan fingerprint density at radius 2 is 1.81 bits per heavy atom. The van der Waals surface area contributed by atoms with Gasteiger partial charge in [0, 0.05) is 12.1 Å². The first-order chi connectivity index (χ1) is 14.7. The number of carbonyl (C=O) groups excluding carboxylic acids is 1. The average Bonchev–Trinajstić information content (AvgIpc) is 2.66. The fraction of sp³-hybridized carbons (Fsp3) is 0.346. The summed E-state index contributed by atoms with van der Waals surface area (Å²) in [5, 5.41) is 30.2. The first-order valence-corrected chi connectivity index (χ1v) is 10.5. The Morgan fingerprint density at radius 3 is 2.52 bits per heavy atom. The number of phenols is 3. The molecule has 2 aromatic carbocycles. The lowest BCUT2D eigenvalue weighted by Crippen LogP contribution is -2.21. The number of hydrogen-bond donors (Lipinski definition) is 3. The monoisotopic (exact) mass is 422 g/mol. The Hall–Kier alpha value is -3.21. The largest absolute Gasteiger partial charge is 0.508 e. The molecule has 31 heavy (non-hydrogen) atoms. The molecular weight excluding hydrogens is 392 g/mol. The van der Waals surface area contributed by atoms with Crippen molar-refractivity contribution in [1.82, 2.24) is 0 Å². The molecule has 0 amide bonds. The lowest BCUT2D eigenvalue weighted by molar-refractivity contribution is 0.0844. The van der Waals surface area contributed by atoms with Crippen molar-refractivity contribution in [2.75, 3.05) is 0 Å². The van der Waals surface area contributed by atoms with E-state index in [1.165, 1.54) is 17.2 Å². The van der Waals surface area contributed by atoms with E-state index < -0.39 is 6.10 Å². The van der Waals surface area contributed by atoms with E-state index in [0.29, 0.717) is 6.42 Å². The Morgan fingerprint density at radius 1 is 1.06 bits per heavy atom. The fourth-order valence-corrected chi connectivity index (χ4v) is 3.84. The zero-order valence-electron chi connectivity index (χ0n) is 18.5. The smallest absolute Gasteiger partial charge is 0.174 e. The number of benzene rings is 2. The van der Waals surface area contributed by atoms with Gasteiger partial charge in [-0.3, -0.25) is 4.79 Å². The van der Waals surface area contributed by atoms with Gasteiger partial charge in [-0.25, -0.2) is 0 Å². The van der Waals surface area contributed by atoms with Gasteiger partial charge in [0.25, 0.3) is 0 Å². The lowest BCUT2D eigenvalue weighted by Gasteiger charge is -2.27. The summed E-state index contributed by atoms with van der Waals surface area (Å²) in [5.74, 6) is -0.306. The number of phenolic OH excluding ortho intramolecular Hbond substituents is 3. The summed E-state index contributed by atoms with van der Waals surface area (Å²) in [4.78, 5) is 12.6. The van der Waals surface area contributed by atoms with E-state index in [4.69, 9.17) is 4.74 Å². The molecule has 2 aromatic rings. The standard InChI is InChI=1S/C26H30O5/c1-15(2)6-5-7-16(3)8-9-18-11-20(17(4)10-21(18)28)24-14-23(30)26-22(29)12-19(27)13-25(26)31-24/h6,8,10-13,24,27-29H,5,7,9,14H2,1-4H3. The molecule has 0 radical (unpaired) electrons. The Bertz CT molecular complexity index is 1060. The highest BCUT2D eigenvalue weighted by atomic mass is 16.5. The highest BCUT2D eigenvalue weighted by molar-refractivity contribution is 6.02. The van der Waals surface area contributed by atoms with Crippen molar-refractivity contribution in [3.8, 4) is 23.0 Å².